The first-order valence-corrected chi connectivity index (χ1v) is 9.65. The number of rotatable bonds is 4. The number of hydrogen-bond donors (Lipinski definition) is 2. The molecule has 0 saturated heterocycles. The molecule has 27 heavy (non-hydrogen) atoms. The molecule has 1 aliphatic carbocycles. The van der Waals surface area contributed by atoms with E-state index in [1.54, 1.807) is 0 Å². The molecule has 4 rings (SSSR count). The molecule has 4 nitrogen and oxygen atoms in total. The Balaban J connectivity index is 1.70. The van der Waals surface area contributed by atoms with Crippen LogP contribution in [0.25, 0.3) is 10.9 Å². The minimum absolute atomic E-state index is 0.0100. The maximum absolute atomic E-state index is 13.0. The van der Waals surface area contributed by atoms with Gasteiger partial charge in [-0.05, 0) is 50.5 Å². The van der Waals surface area contributed by atoms with Crippen molar-refractivity contribution in [3.05, 3.63) is 65.2 Å². The fourth-order valence-corrected chi connectivity index (χ4v) is 3.85. The van der Waals surface area contributed by atoms with Gasteiger partial charge in [-0.2, -0.15) is 0 Å². The number of hydrogen-bond acceptors (Lipinski definition) is 3. The van der Waals surface area contributed by atoms with Gasteiger partial charge in [-0.1, -0.05) is 48.7 Å². The van der Waals surface area contributed by atoms with Gasteiger partial charge in [0.1, 0.15) is 5.82 Å². The molecular weight excluding hydrogens is 334 g/mol. The van der Waals surface area contributed by atoms with Crippen molar-refractivity contribution in [2.75, 3.05) is 5.32 Å². The number of carbonyl (C=O) groups is 1. The zero-order valence-corrected chi connectivity index (χ0v) is 15.9. The molecule has 0 atom stereocenters. The van der Waals surface area contributed by atoms with E-state index in [0.29, 0.717) is 17.4 Å². The average Bonchev–Trinajstić information content (AvgIpc) is 3.16. The first kappa shape index (κ1) is 17.5. The molecule has 1 aliphatic rings. The van der Waals surface area contributed by atoms with Gasteiger partial charge in [0, 0.05) is 17.1 Å². The van der Waals surface area contributed by atoms with E-state index in [0.717, 1.165) is 35.0 Å². The van der Waals surface area contributed by atoms with Gasteiger partial charge >= 0.3 is 0 Å². The number of pyridine rings is 1. The number of para-hydroxylation sites is 1. The van der Waals surface area contributed by atoms with Gasteiger partial charge in [-0.15, -0.1) is 0 Å². The third-order valence-corrected chi connectivity index (χ3v) is 5.30. The smallest absolute Gasteiger partial charge is 0.252 e. The van der Waals surface area contributed by atoms with Crippen molar-refractivity contribution in [1.29, 1.82) is 0 Å². The van der Waals surface area contributed by atoms with Crippen LogP contribution in [0.15, 0.2) is 48.5 Å². The highest BCUT2D eigenvalue weighted by atomic mass is 16.1. The van der Waals surface area contributed by atoms with Crippen LogP contribution in [0.1, 0.15) is 47.2 Å². The highest BCUT2D eigenvalue weighted by Crippen LogP contribution is 2.26. The minimum Gasteiger partial charge on any atom is -0.349 e. The Morgan fingerprint density at radius 1 is 1.04 bits per heavy atom. The monoisotopic (exact) mass is 359 g/mol. The largest absolute Gasteiger partial charge is 0.349 e. The third kappa shape index (κ3) is 3.80. The van der Waals surface area contributed by atoms with Crippen LogP contribution in [0.4, 0.5) is 11.5 Å². The lowest BCUT2D eigenvalue weighted by Crippen LogP contribution is -2.32. The van der Waals surface area contributed by atoms with Crippen molar-refractivity contribution >= 4 is 28.3 Å². The van der Waals surface area contributed by atoms with Crippen LogP contribution >= 0.6 is 0 Å². The normalized spacial score (nSPS) is 14.4. The number of nitrogens with zero attached hydrogens (tertiary/aromatic N) is 1. The van der Waals surface area contributed by atoms with Gasteiger partial charge < -0.3 is 10.6 Å². The van der Waals surface area contributed by atoms with E-state index in [1.807, 2.05) is 30.3 Å². The lowest BCUT2D eigenvalue weighted by molar-refractivity contribution is 0.0939. The Hall–Kier alpha value is -2.88. The molecular formula is C23H25N3O. The molecule has 0 aliphatic heterocycles. The van der Waals surface area contributed by atoms with Crippen molar-refractivity contribution in [2.24, 2.45) is 0 Å². The van der Waals surface area contributed by atoms with Crippen molar-refractivity contribution in [3.63, 3.8) is 0 Å². The van der Waals surface area contributed by atoms with Crippen LogP contribution in [0.2, 0.25) is 0 Å². The van der Waals surface area contributed by atoms with E-state index in [4.69, 9.17) is 4.98 Å². The molecule has 1 fully saturated rings. The number of aromatic nitrogens is 1. The second-order valence-electron chi connectivity index (χ2n) is 7.47. The van der Waals surface area contributed by atoms with E-state index in [2.05, 4.69) is 42.7 Å². The molecule has 0 spiro atoms. The number of fused-ring (bicyclic) bond motifs is 1. The fourth-order valence-electron chi connectivity index (χ4n) is 3.85. The number of nitrogens with one attached hydrogen (secondary N) is 2. The number of carbonyl (C=O) groups excluding carboxylic acids is 1. The van der Waals surface area contributed by atoms with E-state index in [1.165, 1.54) is 18.4 Å². The summed E-state index contributed by atoms with van der Waals surface area (Å²) in [6.45, 7) is 4.15. The first-order chi connectivity index (χ1) is 13.1. The Morgan fingerprint density at radius 3 is 2.59 bits per heavy atom. The van der Waals surface area contributed by atoms with Crippen molar-refractivity contribution in [3.8, 4) is 0 Å². The number of benzene rings is 2. The third-order valence-electron chi connectivity index (χ3n) is 5.30. The molecule has 138 valence electrons. The SMILES string of the molecule is Cc1ccc(Nc2cc(C(=O)NC3CCCC3)c3ccccc3n2)c(C)c1. The number of amides is 1. The molecule has 2 N–H and O–H groups in total. The number of anilines is 2. The van der Waals surface area contributed by atoms with E-state index in [-0.39, 0.29) is 5.91 Å². The Morgan fingerprint density at radius 2 is 1.81 bits per heavy atom. The second-order valence-corrected chi connectivity index (χ2v) is 7.47. The first-order valence-electron chi connectivity index (χ1n) is 9.65. The quantitative estimate of drug-likeness (QED) is 0.667. The molecule has 1 heterocycles. The summed E-state index contributed by atoms with van der Waals surface area (Å²) < 4.78 is 0. The summed E-state index contributed by atoms with van der Waals surface area (Å²) >= 11 is 0. The van der Waals surface area contributed by atoms with Crippen LogP contribution in [-0.4, -0.2) is 16.9 Å². The van der Waals surface area contributed by atoms with Gasteiger partial charge in [-0.25, -0.2) is 4.98 Å². The van der Waals surface area contributed by atoms with Crippen LogP contribution in [0, 0.1) is 13.8 Å². The average molecular weight is 359 g/mol. The highest BCUT2D eigenvalue weighted by Gasteiger charge is 2.20. The maximum atomic E-state index is 13.0. The Bertz CT molecular complexity index is 990. The molecule has 1 amide bonds. The number of aryl methyl sites for hydroxylation is 2. The molecule has 3 aromatic rings. The van der Waals surface area contributed by atoms with E-state index < -0.39 is 0 Å². The van der Waals surface area contributed by atoms with Gasteiger partial charge in [0.05, 0.1) is 11.1 Å². The van der Waals surface area contributed by atoms with Gasteiger partial charge in [0.15, 0.2) is 0 Å². The Kier molecular flexibility index (Phi) is 4.80. The fraction of sp³-hybridized carbons (Fsp3) is 0.304. The summed E-state index contributed by atoms with van der Waals surface area (Å²) in [6.07, 6.45) is 4.54. The molecule has 0 unspecified atom stereocenters. The molecule has 2 aromatic carbocycles. The minimum atomic E-state index is -0.0100. The van der Waals surface area contributed by atoms with Crippen LogP contribution in [0.5, 0.6) is 0 Å². The topological polar surface area (TPSA) is 54.0 Å². The summed E-state index contributed by atoms with van der Waals surface area (Å²) in [5.41, 5.74) is 4.89. The lowest BCUT2D eigenvalue weighted by atomic mass is 10.1. The predicted molar refractivity (Wildman–Crippen MR) is 111 cm³/mol. The molecule has 1 aromatic heterocycles. The van der Waals surface area contributed by atoms with E-state index in [9.17, 15) is 4.79 Å². The van der Waals surface area contributed by atoms with Crippen molar-refractivity contribution < 1.29 is 4.79 Å². The van der Waals surface area contributed by atoms with Crippen LogP contribution in [-0.2, 0) is 0 Å². The standard InChI is InChI=1S/C23H25N3O/c1-15-11-12-20(16(2)13-15)25-22-14-19(18-9-5-6-10-21(18)26-22)23(27)24-17-7-3-4-8-17/h5-6,9-14,17H,3-4,7-8H2,1-2H3,(H,24,27)(H,25,26). The van der Waals surface area contributed by atoms with E-state index >= 15 is 0 Å². The summed E-state index contributed by atoms with van der Waals surface area (Å²) in [6, 6.07) is 16.2. The second kappa shape index (κ2) is 7.39. The van der Waals surface area contributed by atoms with Crippen molar-refractivity contribution in [1.82, 2.24) is 10.3 Å². The van der Waals surface area contributed by atoms with Crippen LogP contribution in [0.3, 0.4) is 0 Å². The summed E-state index contributed by atoms with van der Waals surface area (Å²) in [7, 11) is 0. The van der Waals surface area contributed by atoms with Crippen LogP contribution < -0.4 is 10.6 Å². The lowest BCUT2D eigenvalue weighted by Gasteiger charge is -2.15. The molecule has 4 heteroatoms. The predicted octanol–water partition coefficient (Wildman–Crippen LogP) is 5.27. The van der Waals surface area contributed by atoms with Gasteiger partial charge in [0.25, 0.3) is 5.91 Å². The highest BCUT2D eigenvalue weighted by molar-refractivity contribution is 6.07. The zero-order valence-electron chi connectivity index (χ0n) is 15.9. The summed E-state index contributed by atoms with van der Waals surface area (Å²) in [5.74, 6) is 0.682. The maximum Gasteiger partial charge on any atom is 0.252 e. The molecule has 0 radical (unpaired) electrons. The summed E-state index contributed by atoms with van der Waals surface area (Å²) in [4.78, 5) is 17.7. The zero-order chi connectivity index (χ0) is 18.8. The molecule has 0 bridgehead atoms. The van der Waals surface area contributed by atoms with Crippen molar-refractivity contribution in [2.45, 2.75) is 45.6 Å². The molecule has 1 saturated carbocycles. The van der Waals surface area contributed by atoms with Gasteiger partial charge in [-0.3, -0.25) is 4.79 Å². The Labute approximate surface area is 160 Å². The summed E-state index contributed by atoms with van der Waals surface area (Å²) in [5, 5.41) is 7.48. The van der Waals surface area contributed by atoms with Gasteiger partial charge in [0.2, 0.25) is 0 Å².